The van der Waals surface area contributed by atoms with Crippen molar-refractivity contribution in [1.29, 1.82) is 0 Å². The lowest BCUT2D eigenvalue weighted by molar-refractivity contribution is 0.102. The van der Waals surface area contributed by atoms with Crippen molar-refractivity contribution < 1.29 is 9.53 Å². The average Bonchev–Trinajstić information content (AvgIpc) is 2.95. The number of amides is 1. The van der Waals surface area contributed by atoms with Gasteiger partial charge in [-0.15, -0.1) is 12.4 Å². The van der Waals surface area contributed by atoms with Crippen LogP contribution in [0.2, 0.25) is 0 Å². The van der Waals surface area contributed by atoms with Gasteiger partial charge in [-0.1, -0.05) is 12.1 Å². The Morgan fingerprint density at radius 1 is 1.32 bits per heavy atom. The number of methoxy groups -OCH3 is 1. The molecule has 120 valence electrons. The van der Waals surface area contributed by atoms with E-state index in [4.69, 9.17) is 10.5 Å². The Labute approximate surface area is 136 Å². The fourth-order valence-corrected chi connectivity index (χ4v) is 1.90. The van der Waals surface area contributed by atoms with Crippen LogP contribution in [0.3, 0.4) is 0 Å². The zero-order valence-corrected chi connectivity index (χ0v) is 13.3. The van der Waals surface area contributed by atoms with Crippen LogP contribution in [0, 0.1) is 0 Å². The lowest BCUT2D eigenvalue weighted by Crippen LogP contribution is -2.13. The topological polar surface area (TPSA) is 82.2 Å². The smallest absolute Gasteiger partial charge is 0.256 e. The Hall–Kier alpha value is -1.89. The van der Waals surface area contributed by atoms with Crippen LogP contribution in [0.5, 0.6) is 0 Å². The highest BCUT2D eigenvalue weighted by Gasteiger charge is 2.07. The van der Waals surface area contributed by atoms with Gasteiger partial charge in [-0.25, -0.2) is 0 Å². The molecule has 0 bridgehead atoms. The van der Waals surface area contributed by atoms with Gasteiger partial charge in [0.15, 0.2) is 5.82 Å². The first kappa shape index (κ1) is 18.2. The van der Waals surface area contributed by atoms with Gasteiger partial charge in [-0.05, 0) is 24.1 Å². The Morgan fingerprint density at radius 2 is 2.05 bits per heavy atom. The van der Waals surface area contributed by atoms with E-state index in [9.17, 15) is 4.79 Å². The van der Waals surface area contributed by atoms with Crippen LogP contribution in [-0.4, -0.2) is 29.4 Å². The maximum atomic E-state index is 12.1. The van der Waals surface area contributed by atoms with E-state index in [0.717, 1.165) is 18.5 Å². The van der Waals surface area contributed by atoms with E-state index < -0.39 is 0 Å². The summed E-state index contributed by atoms with van der Waals surface area (Å²) in [5.74, 6) is 0.362. The van der Waals surface area contributed by atoms with Crippen molar-refractivity contribution in [2.75, 3.05) is 19.0 Å². The van der Waals surface area contributed by atoms with Crippen LogP contribution >= 0.6 is 12.4 Å². The first-order chi connectivity index (χ1) is 10.2. The fourth-order valence-electron chi connectivity index (χ4n) is 1.90. The van der Waals surface area contributed by atoms with Crippen molar-refractivity contribution in [1.82, 2.24) is 9.78 Å². The second-order valence-electron chi connectivity index (χ2n) is 4.67. The van der Waals surface area contributed by atoms with Crippen LogP contribution in [0.15, 0.2) is 36.5 Å². The van der Waals surface area contributed by atoms with Crippen LogP contribution in [-0.2, 0) is 17.8 Å². The molecule has 0 radical (unpaired) electrons. The summed E-state index contributed by atoms with van der Waals surface area (Å²) in [7, 11) is 1.67. The van der Waals surface area contributed by atoms with E-state index in [0.29, 0.717) is 24.5 Å². The molecule has 0 aliphatic rings. The number of anilines is 1. The lowest BCUT2D eigenvalue weighted by Gasteiger charge is -2.04. The Kier molecular flexibility index (Phi) is 7.59. The molecule has 1 aromatic heterocycles. The first-order valence-corrected chi connectivity index (χ1v) is 6.85. The third-order valence-corrected chi connectivity index (χ3v) is 3.07. The summed E-state index contributed by atoms with van der Waals surface area (Å²) in [6.45, 7) is 1.91. The predicted molar refractivity (Wildman–Crippen MR) is 88.3 cm³/mol. The largest absolute Gasteiger partial charge is 0.385 e. The van der Waals surface area contributed by atoms with E-state index in [1.807, 2.05) is 18.3 Å². The fraction of sp³-hybridized carbons (Fsp3) is 0.333. The molecule has 1 heterocycles. The van der Waals surface area contributed by atoms with Gasteiger partial charge >= 0.3 is 0 Å². The van der Waals surface area contributed by atoms with E-state index in [1.165, 1.54) is 0 Å². The minimum atomic E-state index is -0.180. The summed E-state index contributed by atoms with van der Waals surface area (Å²) in [5.41, 5.74) is 7.11. The van der Waals surface area contributed by atoms with Crippen LogP contribution < -0.4 is 11.1 Å². The van der Waals surface area contributed by atoms with E-state index >= 15 is 0 Å². The molecule has 2 rings (SSSR count). The van der Waals surface area contributed by atoms with Crippen molar-refractivity contribution in [3.8, 4) is 0 Å². The average molecular weight is 325 g/mol. The number of hydrogen-bond acceptors (Lipinski definition) is 4. The number of hydrogen-bond donors (Lipinski definition) is 2. The molecule has 3 N–H and O–H groups in total. The molecule has 2 aromatic rings. The van der Waals surface area contributed by atoms with Gasteiger partial charge in [0.05, 0.1) is 0 Å². The van der Waals surface area contributed by atoms with Crippen LogP contribution in [0.4, 0.5) is 5.82 Å². The molecule has 0 saturated heterocycles. The molecular formula is C15H21ClN4O2. The van der Waals surface area contributed by atoms with Crippen molar-refractivity contribution >= 4 is 24.1 Å². The number of ether oxygens (including phenoxy) is 1. The molecule has 0 fully saturated rings. The molecule has 0 aliphatic heterocycles. The zero-order chi connectivity index (χ0) is 15.1. The molecule has 0 unspecified atom stereocenters. The van der Waals surface area contributed by atoms with E-state index in [2.05, 4.69) is 10.4 Å². The number of carbonyl (C=O) groups excluding carboxylic acids is 1. The molecule has 6 nitrogen and oxygen atoms in total. The molecule has 22 heavy (non-hydrogen) atoms. The number of carbonyl (C=O) groups is 1. The molecule has 1 aromatic carbocycles. The second kappa shape index (κ2) is 9.19. The Morgan fingerprint density at radius 3 is 2.68 bits per heavy atom. The summed E-state index contributed by atoms with van der Waals surface area (Å²) in [6, 6.07) is 8.98. The first-order valence-electron chi connectivity index (χ1n) is 6.85. The van der Waals surface area contributed by atoms with Gasteiger partial charge in [-0.2, -0.15) is 5.10 Å². The number of halogens is 1. The predicted octanol–water partition coefficient (Wildman–Crippen LogP) is 2.05. The minimum Gasteiger partial charge on any atom is -0.385 e. The number of nitrogens with one attached hydrogen (secondary N) is 1. The van der Waals surface area contributed by atoms with Crippen molar-refractivity contribution in [3.05, 3.63) is 47.7 Å². The van der Waals surface area contributed by atoms with Crippen molar-refractivity contribution in [2.45, 2.75) is 19.5 Å². The van der Waals surface area contributed by atoms with Crippen molar-refractivity contribution in [2.24, 2.45) is 5.73 Å². The highest BCUT2D eigenvalue weighted by atomic mass is 35.5. The molecule has 0 spiro atoms. The Bertz CT molecular complexity index is 583. The second-order valence-corrected chi connectivity index (χ2v) is 4.67. The summed E-state index contributed by atoms with van der Waals surface area (Å²) in [6.07, 6.45) is 2.72. The van der Waals surface area contributed by atoms with Crippen LogP contribution in [0.25, 0.3) is 0 Å². The third-order valence-electron chi connectivity index (χ3n) is 3.07. The number of rotatable bonds is 7. The number of nitrogens with zero attached hydrogens (tertiary/aromatic N) is 2. The van der Waals surface area contributed by atoms with E-state index in [-0.39, 0.29) is 18.3 Å². The number of nitrogens with two attached hydrogens (primary N) is 1. The molecule has 0 saturated carbocycles. The molecule has 0 aliphatic carbocycles. The number of aryl methyl sites for hydroxylation is 1. The highest BCUT2D eigenvalue weighted by molar-refractivity contribution is 6.03. The number of aromatic nitrogens is 2. The van der Waals surface area contributed by atoms with Gasteiger partial charge in [0, 0.05) is 44.6 Å². The van der Waals surface area contributed by atoms with Gasteiger partial charge in [-0.3, -0.25) is 9.48 Å². The monoisotopic (exact) mass is 324 g/mol. The summed E-state index contributed by atoms with van der Waals surface area (Å²) in [4.78, 5) is 12.1. The molecular weight excluding hydrogens is 304 g/mol. The normalized spacial score (nSPS) is 10.1. The Balaban J connectivity index is 0.00000242. The van der Waals surface area contributed by atoms with E-state index in [1.54, 1.807) is 30.0 Å². The highest BCUT2D eigenvalue weighted by Crippen LogP contribution is 2.08. The molecule has 1 amide bonds. The van der Waals surface area contributed by atoms with Gasteiger partial charge in [0.1, 0.15) is 0 Å². The molecule has 0 atom stereocenters. The standard InChI is InChI=1S/C15H20N4O2.ClH/c1-21-10-2-8-19-9-7-14(18-19)17-15(20)13-5-3-12(11-16)4-6-13;/h3-7,9H,2,8,10-11,16H2,1H3,(H,17,18,20);1H. The maximum absolute atomic E-state index is 12.1. The summed E-state index contributed by atoms with van der Waals surface area (Å²) in [5, 5.41) is 7.06. The molecule has 7 heteroatoms. The third kappa shape index (κ3) is 5.14. The van der Waals surface area contributed by atoms with Crippen LogP contribution in [0.1, 0.15) is 22.3 Å². The quantitative estimate of drug-likeness (QED) is 0.764. The number of benzene rings is 1. The zero-order valence-electron chi connectivity index (χ0n) is 12.5. The SMILES string of the molecule is COCCCn1ccc(NC(=O)c2ccc(CN)cc2)n1.Cl. The van der Waals surface area contributed by atoms with Gasteiger partial charge < -0.3 is 15.8 Å². The van der Waals surface area contributed by atoms with Gasteiger partial charge in [0.25, 0.3) is 5.91 Å². The lowest BCUT2D eigenvalue weighted by atomic mass is 10.1. The summed E-state index contributed by atoms with van der Waals surface area (Å²) >= 11 is 0. The summed E-state index contributed by atoms with van der Waals surface area (Å²) < 4.78 is 6.78. The van der Waals surface area contributed by atoms with Crippen molar-refractivity contribution in [3.63, 3.8) is 0 Å². The minimum absolute atomic E-state index is 0. The maximum Gasteiger partial charge on any atom is 0.256 e. The van der Waals surface area contributed by atoms with Gasteiger partial charge in [0.2, 0.25) is 0 Å².